The molecule has 0 aliphatic rings. The summed E-state index contributed by atoms with van der Waals surface area (Å²) in [7, 11) is 0. The zero-order chi connectivity index (χ0) is 19.6. The highest BCUT2D eigenvalue weighted by Gasteiger charge is 2.09. The largest absolute Gasteiger partial charge is 0.374 e. The summed E-state index contributed by atoms with van der Waals surface area (Å²) in [5.74, 6) is 0. The molecule has 0 aliphatic heterocycles. The molecule has 0 amide bonds. The number of unbranched alkanes of at least 4 members (excludes halogenated alkanes) is 13. The molecule has 0 aromatic heterocycles. The van der Waals surface area contributed by atoms with E-state index < -0.39 is 0 Å². The van der Waals surface area contributed by atoms with E-state index in [1.165, 1.54) is 83.5 Å². The van der Waals surface area contributed by atoms with Crippen molar-refractivity contribution in [3.8, 4) is 0 Å². The molecule has 0 spiro atoms. The summed E-state index contributed by atoms with van der Waals surface area (Å²) in [6.07, 6.45) is 19.0. The van der Waals surface area contributed by atoms with Gasteiger partial charge in [-0.25, -0.2) is 0 Å². The fourth-order valence-electron chi connectivity index (χ4n) is 3.28. The minimum absolute atomic E-state index is 0.256. The van der Waals surface area contributed by atoms with Crippen molar-refractivity contribution >= 4 is 23.0 Å². The van der Waals surface area contributed by atoms with Gasteiger partial charge in [0.05, 0.1) is 12.3 Å². The second-order valence-corrected chi connectivity index (χ2v) is 7.82. The highest BCUT2D eigenvalue weighted by molar-refractivity contribution is 7.80. The van der Waals surface area contributed by atoms with Crippen LogP contribution in [-0.2, 0) is 4.84 Å². The van der Waals surface area contributed by atoms with E-state index in [0.29, 0.717) is 6.61 Å². The Morgan fingerprint density at radius 3 is 1.67 bits per heavy atom. The minimum atomic E-state index is 0.256. The summed E-state index contributed by atoms with van der Waals surface area (Å²) >= 11 is 5.08. The van der Waals surface area contributed by atoms with Crippen LogP contribution in [0.1, 0.15) is 96.8 Å². The van der Waals surface area contributed by atoms with Gasteiger partial charge in [-0.2, -0.15) is 5.06 Å². The lowest BCUT2D eigenvalue weighted by Gasteiger charge is -2.21. The second-order valence-electron chi connectivity index (χ2n) is 7.40. The summed E-state index contributed by atoms with van der Waals surface area (Å²) in [6, 6.07) is 9.77. The van der Waals surface area contributed by atoms with E-state index in [0.717, 1.165) is 12.1 Å². The SMILES string of the molecule is CCCCCCCCCCCCCCCCON(C(N)=S)c1ccccc1. The average molecular weight is 393 g/mol. The van der Waals surface area contributed by atoms with Gasteiger partial charge in [0.2, 0.25) is 0 Å². The third-order valence-electron chi connectivity index (χ3n) is 4.91. The quantitative estimate of drug-likeness (QED) is 0.173. The highest BCUT2D eigenvalue weighted by Crippen LogP contribution is 2.15. The van der Waals surface area contributed by atoms with Gasteiger partial charge >= 0.3 is 0 Å². The maximum Gasteiger partial charge on any atom is 0.195 e. The molecule has 0 unspecified atom stereocenters. The Morgan fingerprint density at radius 2 is 1.22 bits per heavy atom. The molecule has 2 N–H and O–H groups in total. The molecule has 1 aromatic rings. The van der Waals surface area contributed by atoms with Crippen molar-refractivity contribution in [3.05, 3.63) is 30.3 Å². The van der Waals surface area contributed by atoms with Crippen molar-refractivity contribution in [2.45, 2.75) is 96.8 Å². The van der Waals surface area contributed by atoms with Gasteiger partial charge in [0, 0.05) is 0 Å². The van der Waals surface area contributed by atoms with Gasteiger partial charge < -0.3 is 5.73 Å². The first-order chi connectivity index (χ1) is 13.3. The fraction of sp³-hybridized carbons (Fsp3) is 0.696. The Kier molecular flexibility index (Phi) is 15.1. The Labute approximate surface area is 172 Å². The topological polar surface area (TPSA) is 38.5 Å². The lowest BCUT2D eigenvalue weighted by atomic mass is 10.0. The van der Waals surface area contributed by atoms with Crippen LogP contribution in [0.2, 0.25) is 0 Å². The van der Waals surface area contributed by atoms with Gasteiger partial charge in [0.15, 0.2) is 5.11 Å². The van der Waals surface area contributed by atoms with Crippen molar-refractivity contribution in [2.24, 2.45) is 5.73 Å². The highest BCUT2D eigenvalue weighted by atomic mass is 32.1. The molecule has 0 saturated heterocycles. The number of rotatable bonds is 17. The first-order valence-corrected chi connectivity index (χ1v) is 11.4. The van der Waals surface area contributed by atoms with Crippen LogP contribution >= 0.6 is 12.2 Å². The van der Waals surface area contributed by atoms with Gasteiger partial charge in [-0.15, -0.1) is 0 Å². The molecule has 0 fully saturated rings. The Morgan fingerprint density at radius 1 is 0.778 bits per heavy atom. The molecule has 1 rings (SSSR count). The lowest BCUT2D eigenvalue weighted by molar-refractivity contribution is 0.139. The summed E-state index contributed by atoms with van der Waals surface area (Å²) < 4.78 is 0. The number of nitrogens with zero attached hydrogens (tertiary/aromatic N) is 1. The standard InChI is InChI=1S/C23H40N2OS/c1-2-3-4-5-6-7-8-9-10-11-12-13-14-18-21-26-25(23(24)27)22-19-16-15-17-20-22/h15-17,19-20H,2-14,18,21H2,1H3,(H2,24,27). The average Bonchev–Trinajstić information content (AvgIpc) is 2.68. The summed E-state index contributed by atoms with van der Waals surface area (Å²) in [4.78, 5) is 5.76. The molecule has 27 heavy (non-hydrogen) atoms. The van der Waals surface area contributed by atoms with Crippen LogP contribution < -0.4 is 10.8 Å². The third-order valence-corrected chi connectivity index (χ3v) is 5.07. The smallest absolute Gasteiger partial charge is 0.195 e. The molecule has 3 nitrogen and oxygen atoms in total. The third kappa shape index (κ3) is 12.8. The molecule has 4 heteroatoms. The van der Waals surface area contributed by atoms with Crippen molar-refractivity contribution in [3.63, 3.8) is 0 Å². The van der Waals surface area contributed by atoms with Crippen LogP contribution in [0.4, 0.5) is 5.69 Å². The molecular weight excluding hydrogens is 352 g/mol. The van der Waals surface area contributed by atoms with E-state index in [2.05, 4.69) is 6.92 Å². The Bertz CT molecular complexity index is 467. The van der Waals surface area contributed by atoms with E-state index in [4.69, 9.17) is 22.8 Å². The summed E-state index contributed by atoms with van der Waals surface area (Å²) in [5.41, 5.74) is 6.65. The van der Waals surface area contributed by atoms with Crippen molar-refractivity contribution in [2.75, 3.05) is 11.7 Å². The summed E-state index contributed by atoms with van der Waals surface area (Å²) in [5, 5.41) is 1.81. The number of hydroxylamine groups is 1. The fourth-order valence-corrected chi connectivity index (χ4v) is 3.44. The van der Waals surface area contributed by atoms with Gasteiger partial charge in [-0.3, -0.25) is 4.84 Å². The van der Waals surface area contributed by atoms with Crippen LogP contribution in [0.25, 0.3) is 0 Å². The minimum Gasteiger partial charge on any atom is -0.374 e. The van der Waals surface area contributed by atoms with Gasteiger partial charge in [-0.1, -0.05) is 109 Å². The Hall–Kier alpha value is -1.13. The number of hydrogen-bond acceptors (Lipinski definition) is 2. The number of anilines is 1. The van der Waals surface area contributed by atoms with E-state index in [9.17, 15) is 0 Å². The molecule has 1 aromatic carbocycles. The predicted molar refractivity (Wildman–Crippen MR) is 122 cm³/mol. The zero-order valence-corrected chi connectivity index (χ0v) is 18.2. The van der Waals surface area contributed by atoms with Crippen molar-refractivity contribution in [1.82, 2.24) is 0 Å². The maximum absolute atomic E-state index is 5.76. The van der Waals surface area contributed by atoms with Crippen LogP contribution in [0.5, 0.6) is 0 Å². The molecule has 0 aliphatic carbocycles. The molecule has 154 valence electrons. The number of thiocarbonyl (C=S) groups is 1. The van der Waals surface area contributed by atoms with Gasteiger partial charge in [0.1, 0.15) is 0 Å². The molecular formula is C23H40N2OS. The lowest BCUT2D eigenvalue weighted by Crippen LogP contribution is -2.35. The number of nitrogens with two attached hydrogens (primary N) is 1. The van der Waals surface area contributed by atoms with E-state index in [1.54, 1.807) is 5.06 Å². The number of benzene rings is 1. The van der Waals surface area contributed by atoms with Crippen LogP contribution in [0, 0.1) is 0 Å². The summed E-state index contributed by atoms with van der Waals surface area (Å²) in [6.45, 7) is 2.94. The van der Waals surface area contributed by atoms with E-state index in [1.807, 2.05) is 30.3 Å². The Balaban J connectivity index is 1.90. The normalized spacial score (nSPS) is 10.9. The first-order valence-electron chi connectivity index (χ1n) is 11.0. The molecule has 0 atom stereocenters. The molecule has 0 saturated carbocycles. The zero-order valence-electron chi connectivity index (χ0n) is 17.3. The van der Waals surface area contributed by atoms with Crippen molar-refractivity contribution in [1.29, 1.82) is 0 Å². The van der Waals surface area contributed by atoms with Crippen molar-refractivity contribution < 1.29 is 4.84 Å². The number of hydrogen-bond donors (Lipinski definition) is 1. The van der Waals surface area contributed by atoms with Crippen LogP contribution in [-0.4, -0.2) is 11.7 Å². The molecule has 0 heterocycles. The predicted octanol–water partition coefficient (Wildman–Crippen LogP) is 7.15. The monoisotopic (exact) mass is 392 g/mol. The maximum atomic E-state index is 5.76. The van der Waals surface area contributed by atoms with Crippen LogP contribution in [0.3, 0.4) is 0 Å². The molecule has 0 bridgehead atoms. The van der Waals surface area contributed by atoms with Gasteiger partial charge in [-0.05, 0) is 30.8 Å². The van der Waals surface area contributed by atoms with Crippen LogP contribution in [0.15, 0.2) is 30.3 Å². The van der Waals surface area contributed by atoms with Gasteiger partial charge in [0.25, 0.3) is 0 Å². The van der Waals surface area contributed by atoms with E-state index >= 15 is 0 Å². The first kappa shape index (κ1) is 23.9. The molecule has 0 radical (unpaired) electrons. The second kappa shape index (κ2) is 17.0. The number of para-hydroxylation sites is 1. The van der Waals surface area contributed by atoms with E-state index in [-0.39, 0.29) is 5.11 Å².